The quantitative estimate of drug-likeness (QED) is 0.879. The molecule has 0 spiro atoms. The first-order valence-corrected chi connectivity index (χ1v) is 6.83. The highest BCUT2D eigenvalue weighted by molar-refractivity contribution is 9.11. The summed E-state index contributed by atoms with van der Waals surface area (Å²) in [6.07, 6.45) is 0. The van der Waals surface area contributed by atoms with Crippen molar-refractivity contribution in [1.82, 2.24) is 9.97 Å². The van der Waals surface area contributed by atoms with E-state index in [-0.39, 0.29) is 0 Å². The van der Waals surface area contributed by atoms with Gasteiger partial charge in [0.15, 0.2) is 0 Å². The second kappa shape index (κ2) is 5.67. The van der Waals surface area contributed by atoms with Crippen LogP contribution >= 0.6 is 31.9 Å². The zero-order valence-corrected chi connectivity index (χ0v) is 13.0. The molecule has 1 aromatic carbocycles. The minimum Gasteiger partial charge on any atom is -0.438 e. The summed E-state index contributed by atoms with van der Waals surface area (Å²) in [5.74, 6) is 1.76. The molecule has 0 aliphatic carbocycles. The van der Waals surface area contributed by atoms with Crippen LogP contribution in [-0.2, 0) is 0 Å². The summed E-state index contributed by atoms with van der Waals surface area (Å²) in [5.41, 5.74) is 0.845. The van der Waals surface area contributed by atoms with Gasteiger partial charge < -0.3 is 10.1 Å². The molecule has 0 saturated heterocycles. The molecule has 0 saturated carbocycles. The SMILES string of the molecule is CNc1nc(C)cc(Oc2ccc(Br)cc2Br)n1. The maximum Gasteiger partial charge on any atom is 0.225 e. The lowest BCUT2D eigenvalue weighted by molar-refractivity contribution is 0.459. The van der Waals surface area contributed by atoms with Crippen LogP contribution in [0.15, 0.2) is 33.2 Å². The Morgan fingerprint density at radius 3 is 2.61 bits per heavy atom. The van der Waals surface area contributed by atoms with Crippen molar-refractivity contribution in [3.63, 3.8) is 0 Å². The molecule has 0 bridgehead atoms. The molecule has 1 heterocycles. The molecule has 2 rings (SSSR count). The molecular formula is C12H11Br2N3O. The molecule has 1 N–H and O–H groups in total. The summed E-state index contributed by atoms with van der Waals surface area (Å²) in [6, 6.07) is 7.48. The van der Waals surface area contributed by atoms with Crippen LogP contribution in [0.2, 0.25) is 0 Å². The van der Waals surface area contributed by atoms with E-state index in [9.17, 15) is 0 Å². The summed E-state index contributed by atoms with van der Waals surface area (Å²) in [4.78, 5) is 8.44. The molecular weight excluding hydrogens is 362 g/mol. The summed E-state index contributed by atoms with van der Waals surface area (Å²) < 4.78 is 7.57. The molecule has 0 aliphatic heterocycles. The van der Waals surface area contributed by atoms with E-state index in [2.05, 4.69) is 47.1 Å². The molecule has 6 heteroatoms. The Balaban J connectivity index is 2.30. The van der Waals surface area contributed by atoms with Crippen molar-refractivity contribution in [2.45, 2.75) is 6.92 Å². The first-order chi connectivity index (χ1) is 8.58. The lowest BCUT2D eigenvalue weighted by atomic mass is 10.3. The molecule has 0 atom stereocenters. The van der Waals surface area contributed by atoms with Crippen molar-refractivity contribution in [3.8, 4) is 11.6 Å². The molecule has 1 aromatic heterocycles. The van der Waals surface area contributed by atoms with Crippen LogP contribution in [0.5, 0.6) is 11.6 Å². The van der Waals surface area contributed by atoms with Gasteiger partial charge >= 0.3 is 0 Å². The molecule has 2 aromatic rings. The first kappa shape index (κ1) is 13.3. The van der Waals surface area contributed by atoms with E-state index in [1.54, 1.807) is 13.1 Å². The van der Waals surface area contributed by atoms with E-state index in [0.717, 1.165) is 14.6 Å². The normalized spacial score (nSPS) is 10.2. The highest BCUT2D eigenvalue weighted by Crippen LogP contribution is 2.31. The van der Waals surface area contributed by atoms with Crippen molar-refractivity contribution >= 4 is 37.8 Å². The topological polar surface area (TPSA) is 47.0 Å². The van der Waals surface area contributed by atoms with Crippen LogP contribution in [0.3, 0.4) is 0 Å². The minimum absolute atomic E-state index is 0.509. The number of hydrogen-bond acceptors (Lipinski definition) is 4. The van der Waals surface area contributed by atoms with E-state index in [4.69, 9.17) is 4.74 Å². The maximum atomic E-state index is 5.73. The predicted octanol–water partition coefficient (Wildman–Crippen LogP) is 4.14. The molecule has 4 nitrogen and oxygen atoms in total. The number of benzene rings is 1. The number of aryl methyl sites for hydroxylation is 1. The zero-order valence-electron chi connectivity index (χ0n) is 9.87. The molecule has 0 amide bonds. The molecule has 94 valence electrons. The van der Waals surface area contributed by atoms with E-state index in [1.165, 1.54) is 0 Å². The number of nitrogens with one attached hydrogen (secondary N) is 1. The Kier molecular flexibility index (Phi) is 4.19. The average Bonchev–Trinajstić information content (AvgIpc) is 2.32. The van der Waals surface area contributed by atoms with Crippen LogP contribution in [-0.4, -0.2) is 17.0 Å². The smallest absolute Gasteiger partial charge is 0.225 e. The largest absolute Gasteiger partial charge is 0.438 e. The lowest BCUT2D eigenvalue weighted by Crippen LogP contribution is -1.99. The Bertz CT molecular complexity index is 575. The Morgan fingerprint density at radius 1 is 1.17 bits per heavy atom. The maximum absolute atomic E-state index is 5.73. The number of nitrogens with zero attached hydrogens (tertiary/aromatic N) is 2. The van der Waals surface area contributed by atoms with Crippen LogP contribution < -0.4 is 10.1 Å². The van der Waals surface area contributed by atoms with E-state index < -0.39 is 0 Å². The van der Waals surface area contributed by atoms with Crippen LogP contribution in [0.25, 0.3) is 0 Å². The van der Waals surface area contributed by atoms with Gasteiger partial charge in [-0.3, -0.25) is 0 Å². The fraction of sp³-hybridized carbons (Fsp3) is 0.167. The summed E-state index contributed by atoms with van der Waals surface area (Å²) >= 11 is 6.84. The monoisotopic (exact) mass is 371 g/mol. The predicted molar refractivity (Wildman–Crippen MR) is 78.2 cm³/mol. The third-order valence-corrected chi connectivity index (χ3v) is 3.28. The van der Waals surface area contributed by atoms with Crippen molar-refractivity contribution in [2.24, 2.45) is 0 Å². The summed E-state index contributed by atoms with van der Waals surface area (Å²) in [6.45, 7) is 1.89. The van der Waals surface area contributed by atoms with Crippen molar-refractivity contribution < 1.29 is 4.74 Å². The second-order valence-corrected chi connectivity index (χ2v) is 5.37. The molecule has 18 heavy (non-hydrogen) atoms. The van der Waals surface area contributed by atoms with Crippen LogP contribution in [0.4, 0.5) is 5.95 Å². The Labute approximate surface area is 122 Å². The lowest BCUT2D eigenvalue weighted by Gasteiger charge is -2.09. The highest BCUT2D eigenvalue weighted by atomic mass is 79.9. The summed E-state index contributed by atoms with van der Waals surface area (Å²) in [5, 5.41) is 2.90. The van der Waals surface area contributed by atoms with Crippen molar-refractivity contribution in [2.75, 3.05) is 12.4 Å². The van der Waals surface area contributed by atoms with Gasteiger partial charge in [0.1, 0.15) is 5.75 Å². The van der Waals surface area contributed by atoms with Gasteiger partial charge in [-0.2, -0.15) is 4.98 Å². The van der Waals surface area contributed by atoms with E-state index >= 15 is 0 Å². The number of hydrogen-bond donors (Lipinski definition) is 1. The third kappa shape index (κ3) is 3.20. The standard InChI is InChI=1S/C12H11Br2N3O/c1-7-5-11(17-12(15-2)16-7)18-10-4-3-8(13)6-9(10)14/h3-6H,1-2H3,(H,15,16,17). The van der Waals surface area contributed by atoms with Crippen LogP contribution in [0, 0.1) is 6.92 Å². The van der Waals surface area contributed by atoms with Gasteiger partial charge in [0.05, 0.1) is 4.47 Å². The number of rotatable bonds is 3. The fourth-order valence-corrected chi connectivity index (χ4v) is 2.50. The molecule has 0 aliphatic rings. The number of halogens is 2. The zero-order chi connectivity index (χ0) is 13.1. The van der Waals surface area contributed by atoms with Crippen molar-refractivity contribution in [3.05, 3.63) is 38.9 Å². The Morgan fingerprint density at radius 2 is 1.94 bits per heavy atom. The van der Waals surface area contributed by atoms with Crippen LogP contribution in [0.1, 0.15) is 5.69 Å². The van der Waals surface area contributed by atoms with E-state index in [0.29, 0.717) is 17.6 Å². The van der Waals surface area contributed by atoms with Gasteiger partial charge in [-0.05, 0) is 41.1 Å². The molecule has 0 fully saturated rings. The van der Waals surface area contributed by atoms with Gasteiger partial charge in [-0.15, -0.1) is 0 Å². The average molecular weight is 373 g/mol. The summed E-state index contributed by atoms with van der Waals surface area (Å²) in [7, 11) is 1.77. The molecule has 0 unspecified atom stereocenters. The minimum atomic E-state index is 0.509. The fourth-order valence-electron chi connectivity index (χ4n) is 1.37. The van der Waals surface area contributed by atoms with Gasteiger partial charge in [-0.1, -0.05) is 15.9 Å². The number of anilines is 1. The van der Waals surface area contributed by atoms with E-state index in [1.807, 2.05) is 25.1 Å². The Hall–Kier alpha value is -1.14. The highest BCUT2D eigenvalue weighted by Gasteiger charge is 2.06. The molecule has 0 radical (unpaired) electrons. The van der Waals surface area contributed by atoms with Gasteiger partial charge in [-0.25, -0.2) is 4.98 Å². The van der Waals surface area contributed by atoms with Gasteiger partial charge in [0.25, 0.3) is 0 Å². The van der Waals surface area contributed by atoms with Gasteiger partial charge in [0, 0.05) is 23.3 Å². The van der Waals surface area contributed by atoms with Gasteiger partial charge in [0.2, 0.25) is 11.8 Å². The number of aromatic nitrogens is 2. The third-order valence-electron chi connectivity index (χ3n) is 2.16. The number of ether oxygens (including phenoxy) is 1. The first-order valence-electron chi connectivity index (χ1n) is 5.25. The van der Waals surface area contributed by atoms with Crippen molar-refractivity contribution in [1.29, 1.82) is 0 Å². The second-order valence-electron chi connectivity index (χ2n) is 3.60.